The minimum atomic E-state index is -2.97. The summed E-state index contributed by atoms with van der Waals surface area (Å²) in [5.41, 5.74) is 0.263. The van der Waals surface area contributed by atoms with Gasteiger partial charge in [0.2, 0.25) is 6.79 Å². The number of alkyl halides is 2. The van der Waals surface area contributed by atoms with Crippen molar-refractivity contribution in [3.63, 3.8) is 0 Å². The summed E-state index contributed by atoms with van der Waals surface area (Å²) in [5.74, 6) is -2.19. The first-order valence-corrected chi connectivity index (χ1v) is 5.37. The number of aliphatic hydroxyl groups is 1. The van der Waals surface area contributed by atoms with Crippen LogP contribution in [-0.4, -0.2) is 18.0 Å². The van der Waals surface area contributed by atoms with Gasteiger partial charge in [0.1, 0.15) is 0 Å². The highest BCUT2D eigenvalue weighted by Gasteiger charge is 2.31. The van der Waals surface area contributed by atoms with Crippen LogP contribution in [0.25, 0.3) is 0 Å². The van der Waals surface area contributed by atoms with E-state index in [-0.39, 0.29) is 18.8 Å². The Kier molecular flexibility index (Phi) is 2.95. The quantitative estimate of drug-likeness (QED) is 0.887. The Hall–Kier alpha value is -1.36. The molecular weight excluding hydrogens is 230 g/mol. The first-order chi connectivity index (χ1) is 7.88. The molecule has 2 rings (SSSR count). The molecule has 0 spiro atoms. The molecule has 1 aromatic rings. The van der Waals surface area contributed by atoms with Crippen LogP contribution < -0.4 is 9.47 Å². The topological polar surface area (TPSA) is 38.7 Å². The summed E-state index contributed by atoms with van der Waals surface area (Å²) in [7, 11) is 0. The first-order valence-electron chi connectivity index (χ1n) is 5.37. The van der Waals surface area contributed by atoms with E-state index in [0.717, 1.165) is 6.92 Å². The highest BCUT2D eigenvalue weighted by Crippen LogP contribution is 2.40. The molecule has 0 saturated carbocycles. The van der Waals surface area contributed by atoms with Gasteiger partial charge in [-0.1, -0.05) is 0 Å². The van der Waals surface area contributed by atoms with E-state index >= 15 is 0 Å². The van der Waals surface area contributed by atoms with Crippen LogP contribution in [0.1, 0.15) is 25.0 Å². The second-order valence-electron chi connectivity index (χ2n) is 4.30. The van der Waals surface area contributed by atoms with Gasteiger partial charge in [-0.25, -0.2) is 8.78 Å². The van der Waals surface area contributed by atoms with Crippen molar-refractivity contribution in [2.24, 2.45) is 0 Å². The third kappa shape index (κ3) is 2.49. The molecule has 1 unspecified atom stereocenters. The lowest BCUT2D eigenvalue weighted by atomic mass is 9.97. The predicted molar refractivity (Wildman–Crippen MR) is 57.5 cm³/mol. The molecule has 0 amide bonds. The van der Waals surface area contributed by atoms with E-state index in [0.29, 0.717) is 17.1 Å². The molecule has 0 saturated heterocycles. The second kappa shape index (κ2) is 4.14. The van der Waals surface area contributed by atoms with E-state index in [1.54, 1.807) is 6.92 Å². The van der Waals surface area contributed by atoms with Crippen LogP contribution in [0.3, 0.4) is 0 Å². The third-order valence-corrected chi connectivity index (χ3v) is 2.59. The Labute approximate surface area is 98.0 Å². The van der Waals surface area contributed by atoms with Gasteiger partial charge in [-0.2, -0.15) is 0 Å². The van der Waals surface area contributed by atoms with E-state index in [4.69, 9.17) is 9.47 Å². The van der Waals surface area contributed by atoms with Gasteiger partial charge in [-0.15, -0.1) is 0 Å². The minimum absolute atomic E-state index is 0.0438. The first kappa shape index (κ1) is 12.1. The van der Waals surface area contributed by atoms with Gasteiger partial charge in [0.15, 0.2) is 11.5 Å². The van der Waals surface area contributed by atoms with Gasteiger partial charge in [-0.3, -0.25) is 0 Å². The van der Waals surface area contributed by atoms with E-state index in [9.17, 15) is 13.9 Å². The molecule has 1 N–H and O–H groups in total. The summed E-state index contributed by atoms with van der Waals surface area (Å²) in [6.07, 6.45) is -0.522. The lowest BCUT2D eigenvalue weighted by Gasteiger charge is -2.17. The monoisotopic (exact) mass is 244 g/mol. The molecule has 0 bridgehead atoms. The molecule has 1 atom stereocenters. The molecular formula is C12H14F2O3. The Balaban J connectivity index is 2.47. The average molecular weight is 244 g/mol. The minimum Gasteiger partial charge on any atom is -0.454 e. The van der Waals surface area contributed by atoms with E-state index < -0.39 is 12.0 Å². The number of rotatable bonds is 3. The van der Waals surface area contributed by atoms with E-state index in [1.807, 2.05) is 0 Å². The summed E-state index contributed by atoms with van der Waals surface area (Å²) < 4.78 is 37.1. The van der Waals surface area contributed by atoms with Gasteiger partial charge in [0, 0.05) is 12.5 Å². The van der Waals surface area contributed by atoms with Crippen molar-refractivity contribution in [1.82, 2.24) is 0 Å². The van der Waals surface area contributed by atoms with Crippen molar-refractivity contribution in [3.8, 4) is 11.5 Å². The molecule has 1 aliphatic heterocycles. The van der Waals surface area contributed by atoms with Crippen LogP contribution in [0.15, 0.2) is 12.1 Å². The van der Waals surface area contributed by atoms with Gasteiger partial charge in [-0.05, 0) is 31.0 Å². The van der Waals surface area contributed by atoms with Crippen LogP contribution in [0.5, 0.6) is 11.5 Å². The molecule has 0 radical (unpaired) electrons. The van der Waals surface area contributed by atoms with Gasteiger partial charge in [0.05, 0.1) is 6.10 Å². The molecule has 1 aromatic carbocycles. The zero-order chi connectivity index (χ0) is 12.6. The lowest BCUT2D eigenvalue weighted by Crippen LogP contribution is -2.14. The number of ether oxygens (including phenoxy) is 2. The summed E-state index contributed by atoms with van der Waals surface area (Å²) >= 11 is 0. The van der Waals surface area contributed by atoms with Gasteiger partial charge in [0.25, 0.3) is 5.92 Å². The van der Waals surface area contributed by atoms with Crippen LogP contribution in [0, 0.1) is 0 Å². The van der Waals surface area contributed by atoms with Crippen molar-refractivity contribution in [1.29, 1.82) is 0 Å². The third-order valence-electron chi connectivity index (χ3n) is 2.59. The molecule has 3 nitrogen and oxygen atoms in total. The molecule has 17 heavy (non-hydrogen) atoms. The summed E-state index contributed by atoms with van der Waals surface area (Å²) in [6.45, 7) is 2.43. The maximum Gasteiger partial charge on any atom is 0.270 e. The van der Waals surface area contributed by atoms with Crippen molar-refractivity contribution in [2.75, 3.05) is 6.79 Å². The molecule has 94 valence electrons. The number of hydrogen-bond donors (Lipinski definition) is 1. The zero-order valence-electron chi connectivity index (χ0n) is 9.67. The predicted octanol–water partition coefficient (Wildman–Crippen LogP) is 2.45. The Morgan fingerprint density at radius 1 is 1.35 bits per heavy atom. The number of hydrogen-bond acceptors (Lipinski definition) is 3. The maximum absolute atomic E-state index is 13.5. The normalized spacial score (nSPS) is 16.1. The highest BCUT2D eigenvalue weighted by molar-refractivity contribution is 5.50. The Bertz CT molecular complexity index is 424. The second-order valence-corrected chi connectivity index (χ2v) is 4.30. The SMILES string of the molecule is CC(O)Cc1cc2c(cc1C(C)(F)F)OCO2. The van der Waals surface area contributed by atoms with Crippen molar-refractivity contribution < 1.29 is 23.4 Å². The Morgan fingerprint density at radius 3 is 2.47 bits per heavy atom. The van der Waals surface area contributed by atoms with Crippen LogP contribution in [0.4, 0.5) is 8.78 Å². The molecule has 0 aliphatic carbocycles. The zero-order valence-corrected chi connectivity index (χ0v) is 9.67. The fourth-order valence-electron chi connectivity index (χ4n) is 1.88. The summed E-state index contributed by atoms with van der Waals surface area (Å²) in [4.78, 5) is 0. The fraction of sp³-hybridized carbons (Fsp3) is 0.500. The average Bonchev–Trinajstić information content (AvgIpc) is 2.60. The van der Waals surface area contributed by atoms with Gasteiger partial charge < -0.3 is 14.6 Å². The number of aliphatic hydroxyl groups excluding tert-OH is 1. The van der Waals surface area contributed by atoms with E-state index in [1.165, 1.54) is 12.1 Å². The van der Waals surface area contributed by atoms with Crippen LogP contribution >= 0.6 is 0 Å². The van der Waals surface area contributed by atoms with E-state index in [2.05, 4.69) is 0 Å². The summed E-state index contributed by atoms with van der Waals surface area (Å²) in [5, 5.41) is 9.33. The van der Waals surface area contributed by atoms with Crippen molar-refractivity contribution in [2.45, 2.75) is 32.3 Å². The van der Waals surface area contributed by atoms with Gasteiger partial charge >= 0.3 is 0 Å². The van der Waals surface area contributed by atoms with Crippen LogP contribution in [-0.2, 0) is 12.3 Å². The molecule has 0 aromatic heterocycles. The number of benzene rings is 1. The number of halogens is 2. The van der Waals surface area contributed by atoms with Crippen LogP contribution in [0.2, 0.25) is 0 Å². The Morgan fingerprint density at radius 2 is 1.94 bits per heavy atom. The standard InChI is InChI=1S/C12H14F2O3/c1-7(15)3-8-4-10-11(17-6-16-10)5-9(8)12(2,13)14/h4-5,7,15H,3,6H2,1-2H3. The number of fused-ring (bicyclic) bond motifs is 1. The maximum atomic E-state index is 13.5. The fourth-order valence-corrected chi connectivity index (χ4v) is 1.88. The smallest absolute Gasteiger partial charge is 0.270 e. The van der Waals surface area contributed by atoms with Crippen molar-refractivity contribution in [3.05, 3.63) is 23.3 Å². The molecule has 0 fully saturated rings. The highest BCUT2D eigenvalue weighted by atomic mass is 19.3. The molecule has 1 heterocycles. The summed E-state index contributed by atoms with van der Waals surface area (Å²) in [6, 6.07) is 2.81. The van der Waals surface area contributed by atoms with Crippen molar-refractivity contribution >= 4 is 0 Å². The molecule has 1 aliphatic rings. The molecule has 5 heteroatoms. The largest absolute Gasteiger partial charge is 0.454 e. The lowest BCUT2D eigenvalue weighted by molar-refractivity contribution is 0.0159.